The molecule has 5 heteroatoms. The van der Waals surface area contributed by atoms with E-state index in [0.29, 0.717) is 11.2 Å². The van der Waals surface area contributed by atoms with E-state index in [4.69, 9.17) is 0 Å². The van der Waals surface area contributed by atoms with Crippen LogP contribution >= 0.6 is 0 Å². The van der Waals surface area contributed by atoms with Crippen molar-refractivity contribution < 1.29 is 14.6 Å². The molecule has 0 bridgehead atoms. The molecule has 1 aromatic carbocycles. The number of imidazole rings is 1. The standard InChI is InChI=1S/C16H16N2O3/c1-11-14(10-12-4-6-13(19)7-5-12)17-15(18(11)2)8-9-16(20)21-3/h4-10,19H,1H2,2-3H3/b9-8+,14-10-. The van der Waals surface area contributed by atoms with Gasteiger partial charge in [0.1, 0.15) is 11.6 Å². The number of benzene rings is 1. The highest BCUT2D eigenvalue weighted by atomic mass is 16.5. The van der Waals surface area contributed by atoms with Crippen LogP contribution in [0.1, 0.15) is 11.4 Å². The number of rotatable bonds is 3. The second-order valence-corrected chi connectivity index (χ2v) is 4.45. The Balaban J connectivity index is 2.42. The van der Waals surface area contributed by atoms with E-state index in [1.54, 1.807) is 34.9 Å². The van der Waals surface area contributed by atoms with Crippen molar-refractivity contribution in [2.75, 3.05) is 7.11 Å². The molecule has 0 amide bonds. The third kappa shape index (κ3) is 3.39. The Hall–Kier alpha value is -2.82. The van der Waals surface area contributed by atoms with Gasteiger partial charge in [0.2, 0.25) is 0 Å². The topological polar surface area (TPSA) is 64.3 Å². The molecule has 0 aliphatic heterocycles. The number of aromatic hydroxyl groups is 1. The van der Waals surface area contributed by atoms with Crippen molar-refractivity contribution in [3.8, 4) is 5.75 Å². The van der Waals surface area contributed by atoms with Gasteiger partial charge in [-0.3, -0.25) is 0 Å². The fraction of sp³-hybridized carbons (Fsp3) is 0.125. The average molecular weight is 284 g/mol. The van der Waals surface area contributed by atoms with Crippen LogP contribution in [0.5, 0.6) is 5.75 Å². The predicted octanol–water partition coefficient (Wildman–Crippen LogP) is 0.551. The van der Waals surface area contributed by atoms with Crippen LogP contribution in [0.3, 0.4) is 0 Å². The van der Waals surface area contributed by atoms with Gasteiger partial charge in [0, 0.05) is 13.1 Å². The summed E-state index contributed by atoms with van der Waals surface area (Å²) in [6.45, 7) is 3.97. The lowest BCUT2D eigenvalue weighted by molar-refractivity contribution is -0.134. The number of ether oxygens (including phenoxy) is 1. The van der Waals surface area contributed by atoms with Crippen LogP contribution in [0.15, 0.2) is 30.3 Å². The zero-order chi connectivity index (χ0) is 15.4. The molecule has 1 heterocycles. The van der Waals surface area contributed by atoms with Crippen molar-refractivity contribution in [2.24, 2.45) is 7.05 Å². The molecule has 1 aromatic heterocycles. The predicted molar refractivity (Wildman–Crippen MR) is 80.7 cm³/mol. The van der Waals surface area contributed by atoms with Gasteiger partial charge in [-0.2, -0.15) is 0 Å². The smallest absolute Gasteiger partial charge is 0.330 e. The van der Waals surface area contributed by atoms with Crippen LogP contribution in [0.2, 0.25) is 0 Å². The van der Waals surface area contributed by atoms with E-state index in [1.807, 2.05) is 13.1 Å². The lowest BCUT2D eigenvalue weighted by Crippen LogP contribution is -2.27. The molecule has 0 unspecified atom stereocenters. The Kier molecular flexibility index (Phi) is 4.23. The third-order valence-electron chi connectivity index (χ3n) is 3.05. The first-order chi connectivity index (χ1) is 10.0. The van der Waals surface area contributed by atoms with E-state index in [-0.39, 0.29) is 5.75 Å². The molecule has 2 rings (SSSR count). The molecule has 0 saturated carbocycles. The fourth-order valence-corrected chi connectivity index (χ4v) is 1.78. The van der Waals surface area contributed by atoms with E-state index < -0.39 is 5.97 Å². The molecule has 0 spiro atoms. The van der Waals surface area contributed by atoms with E-state index in [1.165, 1.54) is 13.2 Å². The zero-order valence-corrected chi connectivity index (χ0v) is 11.9. The molecule has 0 fully saturated rings. The van der Waals surface area contributed by atoms with Crippen LogP contribution in [-0.4, -0.2) is 27.7 Å². The third-order valence-corrected chi connectivity index (χ3v) is 3.05. The van der Waals surface area contributed by atoms with Gasteiger partial charge in [0.05, 0.1) is 17.8 Å². The van der Waals surface area contributed by atoms with Crippen molar-refractivity contribution in [3.05, 3.63) is 52.4 Å². The molecule has 0 aliphatic carbocycles. The summed E-state index contributed by atoms with van der Waals surface area (Å²) < 4.78 is 6.33. The number of esters is 1. The lowest BCUT2D eigenvalue weighted by Gasteiger charge is -1.94. The van der Waals surface area contributed by atoms with E-state index in [2.05, 4.69) is 16.3 Å². The molecular weight excluding hydrogens is 268 g/mol. The number of nitrogens with zero attached hydrogens (tertiary/aromatic N) is 2. The first-order valence-corrected chi connectivity index (χ1v) is 6.29. The Morgan fingerprint density at radius 3 is 2.67 bits per heavy atom. The summed E-state index contributed by atoms with van der Waals surface area (Å²) in [6.07, 6.45) is 4.75. The minimum absolute atomic E-state index is 0.213. The van der Waals surface area contributed by atoms with Gasteiger partial charge in [-0.1, -0.05) is 18.7 Å². The number of hydrogen-bond acceptors (Lipinski definition) is 4. The quantitative estimate of drug-likeness (QED) is 0.660. The summed E-state index contributed by atoms with van der Waals surface area (Å²) in [4.78, 5) is 15.5. The lowest BCUT2D eigenvalue weighted by atomic mass is 10.2. The Labute approximate surface area is 122 Å². The number of phenols is 1. The molecule has 21 heavy (non-hydrogen) atoms. The minimum Gasteiger partial charge on any atom is -0.508 e. The summed E-state index contributed by atoms with van der Waals surface area (Å²) in [5.74, 6) is 0.382. The van der Waals surface area contributed by atoms with Crippen LogP contribution in [-0.2, 0) is 16.6 Å². The molecule has 1 N–H and O–H groups in total. The number of hydrogen-bond donors (Lipinski definition) is 1. The normalized spacial score (nSPS) is 12.0. The second kappa shape index (κ2) is 6.09. The summed E-state index contributed by atoms with van der Waals surface area (Å²) in [5, 5.41) is 10.7. The fourth-order valence-electron chi connectivity index (χ4n) is 1.78. The summed E-state index contributed by atoms with van der Waals surface area (Å²) in [7, 11) is 3.14. The van der Waals surface area contributed by atoms with E-state index in [9.17, 15) is 9.90 Å². The summed E-state index contributed by atoms with van der Waals surface area (Å²) >= 11 is 0. The number of carbonyl (C=O) groups is 1. The van der Waals surface area contributed by atoms with Crippen LogP contribution < -0.4 is 10.7 Å². The molecule has 0 atom stereocenters. The van der Waals surface area contributed by atoms with Gasteiger partial charge in [0.15, 0.2) is 0 Å². The van der Waals surface area contributed by atoms with Gasteiger partial charge < -0.3 is 14.4 Å². The van der Waals surface area contributed by atoms with Crippen LogP contribution in [0, 0.1) is 0 Å². The largest absolute Gasteiger partial charge is 0.508 e. The molecular formula is C16H16N2O3. The van der Waals surface area contributed by atoms with Crippen molar-refractivity contribution in [2.45, 2.75) is 0 Å². The Morgan fingerprint density at radius 1 is 1.38 bits per heavy atom. The molecule has 0 radical (unpaired) electrons. The maximum atomic E-state index is 11.1. The highest BCUT2D eigenvalue weighted by Crippen LogP contribution is 2.09. The monoisotopic (exact) mass is 284 g/mol. The number of carbonyl (C=O) groups excluding carboxylic acids is 1. The minimum atomic E-state index is -0.437. The van der Waals surface area contributed by atoms with E-state index in [0.717, 1.165) is 10.9 Å². The van der Waals surface area contributed by atoms with Crippen molar-refractivity contribution in [1.82, 2.24) is 9.55 Å². The summed E-state index contributed by atoms with van der Waals surface area (Å²) in [5.41, 5.74) is 0.902. The highest BCUT2D eigenvalue weighted by molar-refractivity contribution is 5.86. The SMILES string of the molecule is C=c1/c(=C/c2ccc(O)cc2)nc(/C=C/C(=O)OC)n1C. The van der Waals surface area contributed by atoms with Crippen LogP contribution in [0.25, 0.3) is 18.7 Å². The van der Waals surface area contributed by atoms with Crippen LogP contribution in [0.4, 0.5) is 0 Å². The molecule has 5 nitrogen and oxygen atoms in total. The van der Waals surface area contributed by atoms with Gasteiger partial charge in [0.25, 0.3) is 0 Å². The number of phenolic OH excluding ortho intramolecular Hbond substituents is 1. The maximum absolute atomic E-state index is 11.1. The molecule has 108 valence electrons. The highest BCUT2D eigenvalue weighted by Gasteiger charge is 2.01. The van der Waals surface area contributed by atoms with Gasteiger partial charge >= 0.3 is 5.97 Å². The number of methoxy groups -OCH3 is 1. The summed E-state index contributed by atoms with van der Waals surface area (Å²) in [6, 6.07) is 6.78. The first-order valence-electron chi connectivity index (χ1n) is 6.29. The van der Waals surface area contributed by atoms with Crippen molar-refractivity contribution in [3.63, 3.8) is 0 Å². The second-order valence-electron chi connectivity index (χ2n) is 4.45. The van der Waals surface area contributed by atoms with E-state index >= 15 is 0 Å². The van der Waals surface area contributed by atoms with Gasteiger partial charge in [-0.25, -0.2) is 9.78 Å². The van der Waals surface area contributed by atoms with Gasteiger partial charge in [-0.15, -0.1) is 0 Å². The average Bonchev–Trinajstić information content (AvgIpc) is 2.75. The Morgan fingerprint density at radius 2 is 2.05 bits per heavy atom. The zero-order valence-electron chi connectivity index (χ0n) is 11.9. The van der Waals surface area contributed by atoms with Crippen molar-refractivity contribution >= 4 is 24.7 Å². The van der Waals surface area contributed by atoms with Gasteiger partial charge in [-0.05, 0) is 29.8 Å². The Bertz CT molecular complexity index is 786. The van der Waals surface area contributed by atoms with Crippen molar-refractivity contribution in [1.29, 1.82) is 0 Å². The molecule has 0 saturated heterocycles. The number of aromatic nitrogens is 2. The molecule has 2 aromatic rings. The molecule has 0 aliphatic rings. The first kappa shape index (κ1) is 14.6. The maximum Gasteiger partial charge on any atom is 0.330 e.